The molecule has 1 fully saturated rings. The maximum absolute atomic E-state index is 9.13. The molecule has 1 aliphatic rings. The Kier molecular flexibility index (Phi) is 2.65. The molecule has 0 aliphatic heterocycles. The van der Waals surface area contributed by atoms with Gasteiger partial charge in [-0.2, -0.15) is 0 Å². The lowest BCUT2D eigenvalue weighted by molar-refractivity contribution is -0.139. The van der Waals surface area contributed by atoms with Gasteiger partial charge < -0.3 is 15.3 Å². The third kappa shape index (κ3) is 1.68. The normalized spacial score (nSPS) is 24.0. The molecule has 0 heterocycles. The average molecular weight is 146 g/mol. The molecule has 0 saturated heterocycles. The molecule has 0 unspecified atom stereocenters. The van der Waals surface area contributed by atoms with Gasteiger partial charge in [0.1, 0.15) is 6.10 Å². The summed E-state index contributed by atoms with van der Waals surface area (Å²) >= 11 is 0. The zero-order valence-electron chi connectivity index (χ0n) is 5.90. The van der Waals surface area contributed by atoms with Gasteiger partial charge >= 0.3 is 0 Å². The molecule has 1 saturated carbocycles. The van der Waals surface area contributed by atoms with E-state index in [2.05, 4.69) is 0 Å². The topological polar surface area (TPSA) is 60.7 Å². The number of rotatable bonds is 2. The van der Waals surface area contributed by atoms with Crippen LogP contribution in [0, 0.1) is 5.92 Å². The molecule has 60 valence electrons. The Morgan fingerprint density at radius 3 is 1.90 bits per heavy atom. The van der Waals surface area contributed by atoms with Gasteiger partial charge in [0.25, 0.3) is 0 Å². The van der Waals surface area contributed by atoms with Crippen LogP contribution < -0.4 is 0 Å². The van der Waals surface area contributed by atoms with Gasteiger partial charge in [-0.1, -0.05) is 12.8 Å². The molecule has 0 aromatic heterocycles. The molecule has 3 N–H and O–H groups in total. The maximum atomic E-state index is 9.13. The monoisotopic (exact) mass is 146 g/mol. The van der Waals surface area contributed by atoms with Gasteiger partial charge in [-0.3, -0.25) is 0 Å². The molecular formula is C7H14O3. The van der Waals surface area contributed by atoms with Crippen LogP contribution in [0.3, 0.4) is 0 Å². The Bertz CT molecular complexity index is 97.0. The summed E-state index contributed by atoms with van der Waals surface area (Å²) in [6.07, 6.45) is 1.59. The van der Waals surface area contributed by atoms with Gasteiger partial charge in [0.15, 0.2) is 6.29 Å². The lowest BCUT2D eigenvalue weighted by atomic mass is 10.0. The van der Waals surface area contributed by atoms with Gasteiger partial charge in [-0.15, -0.1) is 0 Å². The summed E-state index contributed by atoms with van der Waals surface area (Å²) in [5, 5.41) is 26.3. The van der Waals surface area contributed by atoms with Crippen molar-refractivity contribution in [1.29, 1.82) is 0 Å². The van der Waals surface area contributed by atoms with E-state index in [0.717, 1.165) is 25.7 Å². The minimum absolute atomic E-state index is 0.111. The zero-order valence-corrected chi connectivity index (χ0v) is 5.90. The number of hydrogen-bond acceptors (Lipinski definition) is 3. The molecule has 3 nitrogen and oxygen atoms in total. The van der Waals surface area contributed by atoms with Gasteiger partial charge in [0, 0.05) is 0 Å². The molecule has 0 bridgehead atoms. The molecule has 3 heteroatoms. The number of hydrogen-bond donors (Lipinski definition) is 3. The van der Waals surface area contributed by atoms with Gasteiger partial charge in [0.2, 0.25) is 0 Å². The summed E-state index contributed by atoms with van der Waals surface area (Å²) in [6.45, 7) is 0. The molecule has 1 aliphatic carbocycles. The Balaban J connectivity index is 2.32. The van der Waals surface area contributed by atoms with Crippen molar-refractivity contribution in [3.8, 4) is 0 Å². The first kappa shape index (κ1) is 7.98. The minimum atomic E-state index is -1.55. The standard InChI is InChI=1S/C7H14O3/c8-6(7(9)10)5-3-1-2-4-5/h5-10H,1-4H2/t6-/m0/s1. The van der Waals surface area contributed by atoms with Crippen LogP contribution in [0.25, 0.3) is 0 Å². The summed E-state index contributed by atoms with van der Waals surface area (Å²) in [5.41, 5.74) is 0. The average Bonchev–Trinajstić information content (AvgIpc) is 2.36. The first-order valence-electron chi connectivity index (χ1n) is 3.76. The Morgan fingerprint density at radius 1 is 1.00 bits per heavy atom. The SMILES string of the molecule is OC(O)[C@@H](O)C1CCCC1. The van der Waals surface area contributed by atoms with E-state index in [1.807, 2.05) is 0 Å². The summed E-state index contributed by atoms with van der Waals surface area (Å²) < 4.78 is 0. The predicted octanol–water partition coefficient (Wildman–Crippen LogP) is -0.152. The third-order valence-electron chi connectivity index (χ3n) is 2.19. The lowest BCUT2D eigenvalue weighted by Crippen LogP contribution is -2.31. The second-order valence-corrected chi connectivity index (χ2v) is 2.95. The van der Waals surface area contributed by atoms with Gasteiger partial charge in [0.05, 0.1) is 0 Å². The number of aliphatic hydroxyl groups excluding tert-OH is 2. The van der Waals surface area contributed by atoms with Crippen molar-refractivity contribution in [2.75, 3.05) is 0 Å². The molecule has 0 amide bonds. The highest BCUT2D eigenvalue weighted by Gasteiger charge is 2.27. The van der Waals surface area contributed by atoms with Gasteiger partial charge in [-0.25, -0.2) is 0 Å². The van der Waals surface area contributed by atoms with Crippen LogP contribution in [0.4, 0.5) is 0 Å². The third-order valence-corrected chi connectivity index (χ3v) is 2.19. The van der Waals surface area contributed by atoms with E-state index in [0.29, 0.717) is 0 Å². The molecule has 0 spiro atoms. The van der Waals surface area contributed by atoms with Crippen molar-refractivity contribution in [2.45, 2.75) is 38.1 Å². The Labute approximate surface area is 60.3 Å². The van der Waals surface area contributed by atoms with Crippen molar-refractivity contribution in [2.24, 2.45) is 5.92 Å². The Hall–Kier alpha value is -0.120. The van der Waals surface area contributed by atoms with E-state index in [9.17, 15) is 0 Å². The van der Waals surface area contributed by atoms with E-state index in [4.69, 9.17) is 15.3 Å². The Morgan fingerprint density at radius 2 is 1.50 bits per heavy atom. The minimum Gasteiger partial charge on any atom is -0.388 e. The van der Waals surface area contributed by atoms with Crippen LogP contribution in [-0.2, 0) is 0 Å². The van der Waals surface area contributed by atoms with Crippen LogP contribution in [0.5, 0.6) is 0 Å². The van der Waals surface area contributed by atoms with Crippen molar-refractivity contribution in [3.05, 3.63) is 0 Å². The summed E-state index contributed by atoms with van der Waals surface area (Å²) in [6, 6.07) is 0. The van der Waals surface area contributed by atoms with Crippen LogP contribution in [0.1, 0.15) is 25.7 Å². The lowest BCUT2D eigenvalue weighted by Gasteiger charge is -2.18. The first-order valence-corrected chi connectivity index (χ1v) is 3.76. The second kappa shape index (κ2) is 3.32. The quantitative estimate of drug-likeness (QED) is 0.475. The van der Waals surface area contributed by atoms with E-state index in [1.54, 1.807) is 0 Å². The molecule has 0 radical (unpaired) electrons. The van der Waals surface area contributed by atoms with Crippen LogP contribution in [-0.4, -0.2) is 27.7 Å². The fraction of sp³-hybridized carbons (Fsp3) is 1.00. The first-order chi connectivity index (χ1) is 4.72. The maximum Gasteiger partial charge on any atom is 0.178 e. The van der Waals surface area contributed by atoms with Crippen LogP contribution in [0.15, 0.2) is 0 Å². The van der Waals surface area contributed by atoms with E-state index in [1.165, 1.54) is 0 Å². The highest BCUT2D eigenvalue weighted by molar-refractivity contribution is 4.75. The number of aliphatic hydroxyl groups is 3. The van der Waals surface area contributed by atoms with E-state index >= 15 is 0 Å². The molecule has 0 aromatic rings. The summed E-state index contributed by atoms with van der Waals surface area (Å²) in [7, 11) is 0. The van der Waals surface area contributed by atoms with Crippen LogP contribution in [0.2, 0.25) is 0 Å². The van der Waals surface area contributed by atoms with E-state index in [-0.39, 0.29) is 5.92 Å². The second-order valence-electron chi connectivity index (χ2n) is 2.95. The molecular weight excluding hydrogens is 132 g/mol. The van der Waals surface area contributed by atoms with E-state index < -0.39 is 12.4 Å². The summed E-state index contributed by atoms with van der Waals surface area (Å²) in [4.78, 5) is 0. The van der Waals surface area contributed by atoms with Crippen molar-refractivity contribution in [3.63, 3.8) is 0 Å². The largest absolute Gasteiger partial charge is 0.388 e. The van der Waals surface area contributed by atoms with Crippen molar-refractivity contribution in [1.82, 2.24) is 0 Å². The highest BCUT2D eigenvalue weighted by atomic mass is 16.5. The highest BCUT2D eigenvalue weighted by Crippen LogP contribution is 2.28. The van der Waals surface area contributed by atoms with Crippen molar-refractivity contribution < 1.29 is 15.3 Å². The molecule has 1 atom stereocenters. The van der Waals surface area contributed by atoms with Crippen molar-refractivity contribution >= 4 is 0 Å². The molecule has 1 rings (SSSR count). The summed E-state index contributed by atoms with van der Waals surface area (Å²) in [5.74, 6) is 0.111. The fourth-order valence-corrected chi connectivity index (χ4v) is 1.54. The molecule has 10 heavy (non-hydrogen) atoms. The van der Waals surface area contributed by atoms with Gasteiger partial charge in [-0.05, 0) is 18.8 Å². The predicted molar refractivity (Wildman–Crippen MR) is 36.2 cm³/mol. The smallest absolute Gasteiger partial charge is 0.178 e. The van der Waals surface area contributed by atoms with Crippen LogP contribution >= 0.6 is 0 Å². The fourth-order valence-electron chi connectivity index (χ4n) is 1.54. The zero-order chi connectivity index (χ0) is 7.56. The molecule has 0 aromatic carbocycles.